The lowest BCUT2D eigenvalue weighted by Crippen LogP contribution is -2.26. The molecule has 0 radical (unpaired) electrons. The Kier molecular flexibility index (Phi) is 2.92. The quantitative estimate of drug-likeness (QED) is 0.794. The molecule has 0 aliphatic heterocycles. The third-order valence-electron chi connectivity index (χ3n) is 3.40. The number of aromatic nitrogens is 2. The van der Waals surface area contributed by atoms with Crippen molar-refractivity contribution in [3.05, 3.63) is 53.4 Å². The van der Waals surface area contributed by atoms with Gasteiger partial charge in [-0.25, -0.2) is 4.98 Å². The fourth-order valence-corrected chi connectivity index (χ4v) is 3.43. The molecule has 2 heterocycles. The largest absolute Gasteiger partial charge is 0.377 e. The Morgan fingerprint density at radius 2 is 2.16 bits per heavy atom. The van der Waals surface area contributed by atoms with Crippen LogP contribution in [-0.2, 0) is 12.1 Å². The van der Waals surface area contributed by atoms with E-state index < -0.39 is 5.60 Å². The monoisotopic (exact) mass is 272 g/mol. The zero-order chi connectivity index (χ0) is 13.5. The predicted molar refractivity (Wildman–Crippen MR) is 78.4 cm³/mol. The average Bonchev–Trinajstić information content (AvgIpc) is 3.05. The Morgan fingerprint density at radius 1 is 1.37 bits per heavy atom. The number of imidazole rings is 1. The summed E-state index contributed by atoms with van der Waals surface area (Å²) >= 11 is 1.62. The summed E-state index contributed by atoms with van der Waals surface area (Å²) in [6.45, 7) is 4.66. The number of aryl methyl sites for hydroxylation is 1. The second kappa shape index (κ2) is 4.47. The van der Waals surface area contributed by atoms with Crippen LogP contribution in [-0.4, -0.2) is 14.7 Å². The fourth-order valence-electron chi connectivity index (χ4n) is 2.32. The van der Waals surface area contributed by atoms with Crippen LogP contribution in [0.5, 0.6) is 0 Å². The molecule has 0 amide bonds. The van der Waals surface area contributed by atoms with Crippen molar-refractivity contribution in [2.45, 2.75) is 26.0 Å². The van der Waals surface area contributed by atoms with Crippen LogP contribution >= 0.6 is 11.3 Å². The van der Waals surface area contributed by atoms with Gasteiger partial charge in [0.1, 0.15) is 5.82 Å². The number of rotatable bonds is 3. The Morgan fingerprint density at radius 3 is 2.89 bits per heavy atom. The third kappa shape index (κ3) is 1.97. The minimum Gasteiger partial charge on any atom is -0.377 e. The lowest BCUT2D eigenvalue weighted by atomic mass is 10.0. The molecule has 3 nitrogen and oxygen atoms in total. The van der Waals surface area contributed by atoms with Gasteiger partial charge in [0.2, 0.25) is 0 Å². The van der Waals surface area contributed by atoms with Crippen LogP contribution in [0.15, 0.2) is 42.7 Å². The first-order valence-electron chi connectivity index (χ1n) is 6.36. The summed E-state index contributed by atoms with van der Waals surface area (Å²) in [6, 6.07) is 10.2. The van der Waals surface area contributed by atoms with E-state index in [1.807, 2.05) is 36.7 Å². The summed E-state index contributed by atoms with van der Waals surface area (Å²) in [7, 11) is 0. The molecule has 1 N–H and O–H groups in total. The van der Waals surface area contributed by atoms with Gasteiger partial charge in [0.25, 0.3) is 0 Å². The minimum absolute atomic E-state index is 0.696. The molecule has 3 rings (SSSR count). The van der Waals surface area contributed by atoms with Crippen LogP contribution < -0.4 is 0 Å². The molecule has 0 spiro atoms. The van der Waals surface area contributed by atoms with Crippen molar-refractivity contribution < 1.29 is 5.11 Å². The summed E-state index contributed by atoms with van der Waals surface area (Å²) in [5, 5.41) is 12.1. The zero-order valence-corrected chi connectivity index (χ0v) is 11.8. The summed E-state index contributed by atoms with van der Waals surface area (Å²) in [5.74, 6) is 0.696. The van der Waals surface area contributed by atoms with Gasteiger partial charge in [-0.05, 0) is 31.4 Å². The molecular formula is C15H16N2OS. The molecule has 3 aromatic rings. The maximum atomic E-state index is 10.9. The highest BCUT2D eigenvalue weighted by molar-refractivity contribution is 7.19. The van der Waals surface area contributed by atoms with Crippen LogP contribution in [0.1, 0.15) is 24.5 Å². The summed E-state index contributed by atoms with van der Waals surface area (Å²) in [5.41, 5.74) is -1.05. The number of benzene rings is 1. The maximum Gasteiger partial charge on any atom is 0.153 e. The molecule has 19 heavy (non-hydrogen) atoms. The molecule has 1 aromatic carbocycles. The first-order valence-corrected chi connectivity index (χ1v) is 7.17. The van der Waals surface area contributed by atoms with E-state index >= 15 is 0 Å². The van der Waals surface area contributed by atoms with Crippen molar-refractivity contribution >= 4 is 21.4 Å². The number of aliphatic hydroxyl groups is 1. The highest BCUT2D eigenvalue weighted by atomic mass is 32.1. The van der Waals surface area contributed by atoms with Crippen LogP contribution in [0.2, 0.25) is 0 Å². The molecule has 98 valence electrons. The second-order valence-corrected chi connectivity index (χ2v) is 5.84. The summed E-state index contributed by atoms with van der Waals surface area (Å²) in [6.07, 6.45) is 3.64. The van der Waals surface area contributed by atoms with E-state index in [0.717, 1.165) is 16.8 Å². The van der Waals surface area contributed by atoms with Crippen LogP contribution in [0.3, 0.4) is 0 Å². The van der Waals surface area contributed by atoms with Crippen molar-refractivity contribution in [1.29, 1.82) is 0 Å². The molecule has 1 unspecified atom stereocenters. The standard InChI is InChI=1S/C15H16N2OS/c1-3-17-9-8-16-14(17)15(2,18)13-10-11-6-4-5-7-12(11)19-13/h4-10,18H,3H2,1-2H3. The van der Waals surface area contributed by atoms with Crippen LogP contribution in [0.25, 0.3) is 10.1 Å². The van der Waals surface area contributed by atoms with Crippen molar-refractivity contribution in [1.82, 2.24) is 9.55 Å². The Hall–Kier alpha value is -1.65. The van der Waals surface area contributed by atoms with E-state index in [1.54, 1.807) is 17.5 Å². The van der Waals surface area contributed by atoms with Gasteiger partial charge in [-0.15, -0.1) is 11.3 Å². The number of nitrogens with zero attached hydrogens (tertiary/aromatic N) is 2. The minimum atomic E-state index is -1.05. The second-order valence-electron chi connectivity index (χ2n) is 4.76. The molecule has 0 aliphatic rings. The van der Waals surface area contributed by atoms with E-state index in [2.05, 4.69) is 23.2 Å². The highest BCUT2D eigenvalue weighted by Gasteiger charge is 2.32. The number of thiophene rings is 1. The topological polar surface area (TPSA) is 38.0 Å². The van der Waals surface area contributed by atoms with Crippen LogP contribution in [0, 0.1) is 0 Å². The number of hydrogen-bond acceptors (Lipinski definition) is 3. The molecule has 0 fully saturated rings. The summed E-state index contributed by atoms with van der Waals surface area (Å²) < 4.78 is 3.16. The van der Waals surface area contributed by atoms with E-state index in [1.165, 1.54) is 4.70 Å². The highest BCUT2D eigenvalue weighted by Crippen LogP contribution is 2.36. The Balaban J connectivity index is 2.13. The van der Waals surface area contributed by atoms with E-state index in [0.29, 0.717) is 5.82 Å². The number of hydrogen-bond donors (Lipinski definition) is 1. The van der Waals surface area contributed by atoms with Gasteiger partial charge in [-0.1, -0.05) is 18.2 Å². The molecule has 0 saturated heterocycles. The van der Waals surface area contributed by atoms with Crippen molar-refractivity contribution in [2.24, 2.45) is 0 Å². The summed E-state index contributed by atoms with van der Waals surface area (Å²) in [4.78, 5) is 5.25. The van der Waals surface area contributed by atoms with Crippen LogP contribution in [0.4, 0.5) is 0 Å². The zero-order valence-electron chi connectivity index (χ0n) is 11.0. The molecule has 4 heteroatoms. The van der Waals surface area contributed by atoms with Gasteiger partial charge in [-0.2, -0.15) is 0 Å². The Labute approximate surface area is 116 Å². The Bertz CT molecular complexity index is 679. The van der Waals surface area contributed by atoms with Gasteiger partial charge in [0.05, 0.1) is 0 Å². The van der Waals surface area contributed by atoms with Crippen molar-refractivity contribution in [2.75, 3.05) is 0 Å². The molecule has 1 atom stereocenters. The lowest BCUT2D eigenvalue weighted by Gasteiger charge is -2.22. The van der Waals surface area contributed by atoms with Crippen molar-refractivity contribution in [3.63, 3.8) is 0 Å². The van der Waals surface area contributed by atoms with Gasteiger partial charge >= 0.3 is 0 Å². The van der Waals surface area contributed by atoms with Gasteiger partial charge in [0.15, 0.2) is 5.60 Å². The lowest BCUT2D eigenvalue weighted by molar-refractivity contribution is 0.0921. The van der Waals surface area contributed by atoms with E-state index in [-0.39, 0.29) is 0 Å². The van der Waals surface area contributed by atoms with E-state index in [9.17, 15) is 5.11 Å². The maximum absolute atomic E-state index is 10.9. The van der Waals surface area contributed by atoms with Gasteiger partial charge in [0, 0.05) is 28.5 Å². The average molecular weight is 272 g/mol. The predicted octanol–water partition coefficient (Wildman–Crippen LogP) is 3.37. The van der Waals surface area contributed by atoms with Gasteiger partial charge < -0.3 is 9.67 Å². The fraction of sp³-hybridized carbons (Fsp3) is 0.267. The molecule has 0 aliphatic carbocycles. The third-order valence-corrected chi connectivity index (χ3v) is 4.72. The molecule has 2 aromatic heterocycles. The van der Waals surface area contributed by atoms with Gasteiger partial charge in [-0.3, -0.25) is 0 Å². The smallest absolute Gasteiger partial charge is 0.153 e. The molecular weight excluding hydrogens is 256 g/mol. The SMILES string of the molecule is CCn1ccnc1C(C)(O)c1cc2ccccc2s1. The normalized spacial score (nSPS) is 14.7. The van der Waals surface area contributed by atoms with E-state index in [4.69, 9.17) is 0 Å². The molecule has 0 bridgehead atoms. The first-order chi connectivity index (χ1) is 9.13. The molecule has 0 saturated carbocycles. The number of fused-ring (bicyclic) bond motifs is 1. The first kappa shape index (κ1) is 12.4. The van der Waals surface area contributed by atoms with Crippen molar-refractivity contribution in [3.8, 4) is 0 Å².